The quantitative estimate of drug-likeness (QED) is 0.541. The van der Waals surface area contributed by atoms with Crippen molar-refractivity contribution in [2.75, 3.05) is 4.90 Å². The molecule has 25 heavy (non-hydrogen) atoms. The Hall–Kier alpha value is -3.12. The summed E-state index contributed by atoms with van der Waals surface area (Å²) in [6.07, 6.45) is 4.66. The zero-order chi connectivity index (χ0) is 17.6. The largest absolute Gasteiger partial charge is 0.504 e. The van der Waals surface area contributed by atoms with Gasteiger partial charge < -0.3 is 10.2 Å². The molecule has 3 aromatic rings. The fraction of sp³-hybridized carbons (Fsp3) is 0.0526. The summed E-state index contributed by atoms with van der Waals surface area (Å²) in [7, 11) is 0. The highest BCUT2D eigenvalue weighted by atomic mass is 32.1. The van der Waals surface area contributed by atoms with Crippen molar-refractivity contribution in [1.29, 1.82) is 0 Å². The van der Waals surface area contributed by atoms with Crippen LogP contribution < -0.4 is 4.90 Å². The number of aromatic nitrogens is 1. The number of pyridine rings is 1. The van der Waals surface area contributed by atoms with Crippen LogP contribution >= 0.6 is 11.3 Å². The highest BCUT2D eigenvalue weighted by Gasteiger charge is 2.15. The van der Waals surface area contributed by atoms with Gasteiger partial charge in [-0.15, -0.1) is 11.3 Å². The molecule has 2 aromatic heterocycles. The summed E-state index contributed by atoms with van der Waals surface area (Å²) in [4.78, 5) is 19.6. The Morgan fingerprint density at radius 1 is 1.12 bits per heavy atom. The van der Waals surface area contributed by atoms with E-state index in [0.29, 0.717) is 17.9 Å². The van der Waals surface area contributed by atoms with E-state index in [9.17, 15) is 15.0 Å². The van der Waals surface area contributed by atoms with Crippen LogP contribution in [0.5, 0.6) is 11.5 Å². The van der Waals surface area contributed by atoms with Gasteiger partial charge in [0.1, 0.15) is 5.82 Å². The molecule has 0 bridgehead atoms. The third-order valence-corrected chi connectivity index (χ3v) is 4.36. The Kier molecular flexibility index (Phi) is 5.11. The van der Waals surface area contributed by atoms with E-state index in [4.69, 9.17) is 0 Å². The van der Waals surface area contributed by atoms with Crippen LogP contribution in [-0.4, -0.2) is 21.1 Å². The molecule has 0 saturated carbocycles. The van der Waals surface area contributed by atoms with Gasteiger partial charge in [0.05, 0.1) is 6.54 Å². The smallest absolute Gasteiger partial charge is 0.252 e. The summed E-state index contributed by atoms with van der Waals surface area (Å²) < 4.78 is 0. The third-order valence-electron chi connectivity index (χ3n) is 3.50. The van der Waals surface area contributed by atoms with Gasteiger partial charge >= 0.3 is 0 Å². The number of nitrogens with zero attached hydrogens (tertiary/aromatic N) is 2. The molecule has 0 aliphatic rings. The van der Waals surface area contributed by atoms with E-state index in [1.807, 2.05) is 23.6 Å². The van der Waals surface area contributed by atoms with Gasteiger partial charge in [-0.2, -0.15) is 0 Å². The summed E-state index contributed by atoms with van der Waals surface area (Å²) in [5, 5.41) is 20.8. The first-order valence-electron chi connectivity index (χ1n) is 7.58. The molecule has 1 amide bonds. The van der Waals surface area contributed by atoms with Crippen LogP contribution in [0.4, 0.5) is 5.82 Å². The van der Waals surface area contributed by atoms with Gasteiger partial charge in [-0.3, -0.25) is 9.69 Å². The first kappa shape index (κ1) is 16.7. The molecule has 2 N–H and O–H groups in total. The molecule has 1 aromatic carbocycles. The van der Waals surface area contributed by atoms with Gasteiger partial charge in [0.25, 0.3) is 5.91 Å². The SMILES string of the molecule is O=C(/C=C/c1ccc(O)c(O)c1)N(Cc1cccs1)c1ccccn1. The Bertz CT molecular complexity index is 877. The zero-order valence-electron chi connectivity index (χ0n) is 13.2. The summed E-state index contributed by atoms with van der Waals surface area (Å²) in [5.41, 5.74) is 0.612. The van der Waals surface area contributed by atoms with Gasteiger partial charge in [0.2, 0.25) is 0 Å². The highest BCUT2D eigenvalue weighted by Crippen LogP contribution is 2.25. The Morgan fingerprint density at radius 3 is 2.68 bits per heavy atom. The van der Waals surface area contributed by atoms with Crippen molar-refractivity contribution in [3.8, 4) is 11.5 Å². The van der Waals surface area contributed by atoms with Crippen LogP contribution in [0.3, 0.4) is 0 Å². The minimum absolute atomic E-state index is 0.198. The van der Waals surface area contributed by atoms with Crippen molar-refractivity contribution in [2.45, 2.75) is 6.54 Å². The number of rotatable bonds is 5. The van der Waals surface area contributed by atoms with Crippen molar-refractivity contribution < 1.29 is 15.0 Å². The van der Waals surface area contributed by atoms with E-state index in [2.05, 4.69) is 4.98 Å². The lowest BCUT2D eigenvalue weighted by atomic mass is 10.2. The first-order valence-corrected chi connectivity index (χ1v) is 8.46. The second-order valence-corrected chi connectivity index (χ2v) is 6.31. The zero-order valence-corrected chi connectivity index (χ0v) is 14.1. The fourth-order valence-corrected chi connectivity index (χ4v) is 2.94. The number of anilines is 1. The van der Waals surface area contributed by atoms with Gasteiger partial charge in [0, 0.05) is 17.2 Å². The Labute approximate surface area is 149 Å². The molecular weight excluding hydrogens is 336 g/mol. The molecule has 2 heterocycles. The number of carbonyl (C=O) groups is 1. The van der Waals surface area contributed by atoms with E-state index in [1.165, 1.54) is 18.2 Å². The van der Waals surface area contributed by atoms with E-state index >= 15 is 0 Å². The number of hydrogen-bond acceptors (Lipinski definition) is 5. The topological polar surface area (TPSA) is 73.7 Å². The van der Waals surface area contributed by atoms with Crippen LogP contribution in [-0.2, 0) is 11.3 Å². The molecular formula is C19H16N2O3S. The van der Waals surface area contributed by atoms with E-state index < -0.39 is 0 Å². The molecule has 0 spiro atoms. The van der Waals surface area contributed by atoms with E-state index in [0.717, 1.165) is 4.88 Å². The van der Waals surface area contributed by atoms with Crippen molar-refractivity contribution in [2.24, 2.45) is 0 Å². The fourth-order valence-electron chi connectivity index (χ4n) is 2.25. The van der Waals surface area contributed by atoms with Gasteiger partial charge in [-0.25, -0.2) is 4.98 Å². The standard InChI is InChI=1S/C19H16N2O3S/c22-16-8-6-14(12-17(16)23)7-9-19(24)21(13-15-4-3-11-25-15)18-5-1-2-10-20-18/h1-12,22-23H,13H2/b9-7+. The van der Waals surface area contributed by atoms with Gasteiger partial charge in [0.15, 0.2) is 11.5 Å². The number of aromatic hydroxyl groups is 2. The summed E-state index contributed by atoms with van der Waals surface area (Å²) in [6, 6.07) is 13.7. The number of benzene rings is 1. The molecule has 5 nitrogen and oxygen atoms in total. The van der Waals surface area contributed by atoms with Gasteiger partial charge in [-0.1, -0.05) is 18.2 Å². The third kappa shape index (κ3) is 4.24. The predicted molar refractivity (Wildman–Crippen MR) is 98.6 cm³/mol. The molecule has 0 unspecified atom stereocenters. The second-order valence-electron chi connectivity index (χ2n) is 5.27. The summed E-state index contributed by atoms with van der Waals surface area (Å²) >= 11 is 1.57. The number of hydrogen-bond donors (Lipinski definition) is 2. The van der Waals surface area contributed by atoms with Crippen LogP contribution in [0.2, 0.25) is 0 Å². The second kappa shape index (κ2) is 7.63. The molecule has 0 radical (unpaired) electrons. The maximum Gasteiger partial charge on any atom is 0.252 e. The maximum absolute atomic E-state index is 12.7. The van der Waals surface area contributed by atoms with Crippen molar-refractivity contribution in [1.82, 2.24) is 4.98 Å². The van der Waals surface area contributed by atoms with E-state index in [1.54, 1.807) is 46.7 Å². The average molecular weight is 352 g/mol. The molecule has 6 heteroatoms. The van der Waals surface area contributed by atoms with Crippen LogP contribution in [0.1, 0.15) is 10.4 Å². The van der Waals surface area contributed by atoms with Crippen molar-refractivity contribution in [3.05, 3.63) is 76.6 Å². The predicted octanol–water partition coefficient (Wildman–Crippen LogP) is 3.80. The normalized spacial score (nSPS) is 10.9. The lowest BCUT2D eigenvalue weighted by Crippen LogP contribution is -2.29. The van der Waals surface area contributed by atoms with Gasteiger partial charge in [-0.05, 0) is 47.4 Å². The molecule has 3 rings (SSSR count). The average Bonchev–Trinajstić information content (AvgIpc) is 3.14. The number of phenolic OH excluding ortho intramolecular Hbond substituents is 2. The molecule has 0 aliphatic carbocycles. The highest BCUT2D eigenvalue weighted by molar-refractivity contribution is 7.09. The number of carbonyl (C=O) groups excluding carboxylic acids is 1. The Balaban J connectivity index is 1.83. The van der Waals surface area contributed by atoms with Crippen molar-refractivity contribution in [3.63, 3.8) is 0 Å². The number of amides is 1. The molecule has 0 saturated heterocycles. The lowest BCUT2D eigenvalue weighted by molar-refractivity contribution is -0.114. The molecule has 126 valence electrons. The van der Waals surface area contributed by atoms with Crippen LogP contribution in [0.15, 0.2) is 66.2 Å². The van der Waals surface area contributed by atoms with Crippen LogP contribution in [0.25, 0.3) is 6.08 Å². The minimum Gasteiger partial charge on any atom is -0.504 e. The van der Waals surface area contributed by atoms with Crippen LogP contribution in [0, 0.1) is 0 Å². The summed E-state index contributed by atoms with van der Waals surface area (Å²) in [5.74, 6) is -0.0789. The Morgan fingerprint density at radius 2 is 2.00 bits per heavy atom. The molecule has 0 aliphatic heterocycles. The number of phenols is 2. The van der Waals surface area contributed by atoms with E-state index in [-0.39, 0.29) is 17.4 Å². The summed E-state index contributed by atoms with van der Waals surface area (Å²) in [6.45, 7) is 0.429. The monoisotopic (exact) mass is 352 g/mol. The lowest BCUT2D eigenvalue weighted by Gasteiger charge is -2.19. The first-order chi connectivity index (χ1) is 12.1. The maximum atomic E-state index is 12.7. The molecule has 0 atom stereocenters. The molecule has 0 fully saturated rings. The van der Waals surface area contributed by atoms with Crippen molar-refractivity contribution >= 4 is 29.1 Å². The minimum atomic E-state index is -0.227. The number of thiophene rings is 1.